The molecule has 1 atom stereocenters. The number of hydrogen-bond donors (Lipinski definition) is 4. The van der Waals surface area contributed by atoms with Gasteiger partial charge < -0.3 is 21.5 Å². The van der Waals surface area contributed by atoms with Gasteiger partial charge in [-0.1, -0.05) is 13.8 Å². The zero-order valence-electron chi connectivity index (χ0n) is 11.4. The Kier molecular flexibility index (Phi) is 8.52. The first kappa shape index (κ1) is 17.4. The van der Waals surface area contributed by atoms with Gasteiger partial charge in [-0.2, -0.15) is 0 Å². The van der Waals surface area contributed by atoms with Gasteiger partial charge in [-0.15, -0.1) is 0 Å². The standard InChI is InChI=1S/C12H23N3O4/c1-8(2)7-15-10(16)5-6-14-12(19)9(13)3-4-11(17)18/h8-9H,3-7,13H2,1-2H3,(H,14,19)(H,15,16)(H,17,18). The number of nitrogens with one attached hydrogen (secondary N) is 2. The summed E-state index contributed by atoms with van der Waals surface area (Å²) in [5.74, 6) is -1.18. The molecule has 0 saturated carbocycles. The molecule has 7 heteroatoms. The van der Waals surface area contributed by atoms with Gasteiger partial charge in [-0.3, -0.25) is 14.4 Å². The lowest BCUT2D eigenvalue weighted by Gasteiger charge is -2.11. The summed E-state index contributed by atoms with van der Waals surface area (Å²) in [6.45, 7) is 4.78. The molecule has 0 rings (SSSR count). The van der Waals surface area contributed by atoms with Crippen LogP contribution in [0.5, 0.6) is 0 Å². The van der Waals surface area contributed by atoms with E-state index in [0.717, 1.165) is 0 Å². The molecule has 0 aromatic heterocycles. The van der Waals surface area contributed by atoms with E-state index >= 15 is 0 Å². The van der Waals surface area contributed by atoms with Crippen LogP contribution in [0.15, 0.2) is 0 Å². The van der Waals surface area contributed by atoms with Gasteiger partial charge in [0, 0.05) is 25.9 Å². The van der Waals surface area contributed by atoms with Crippen LogP contribution in [0.4, 0.5) is 0 Å². The number of carboxylic acids is 1. The molecule has 0 bridgehead atoms. The van der Waals surface area contributed by atoms with Gasteiger partial charge in [0.15, 0.2) is 0 Å². The fourth-order valence-corrected chi connectivity index (χ4v) is 1.25. The van der Waals surface area contributed by atoms with E-state index in [-0.39, 0.29) is 31.7 Å². The van der Waals surface area contributed by atoms with Crippen LogP contribution in [0, 0.1) is 5.92 Å². The van der Waals surface area contributed by atoms with Crippen LogP contribution in [0.2, 0.25) is 0 Å². The zero-order chi connectivity index (χ0) is 14.8. The second-order valence-electron chi connectivity index (χ2n) is 4.78. The van der Waals surface area contributed by atoms with Crippen molar-refractivity contribution in [2.75, 3.05) is 13.1 Å². The summed E-state index contributed by atoms with van der Waals surface area (Å²) in [5, 5.41) is 13.7. The highest BCUT2D eigenvalue weighted by atomic mass is 16.4. The Morgan fingerprint density at radius 1 is 1.16 bits per heavy atom. The summed E-state index contributed by atoms with van der Waals surface area (Å²) >= 11 is 0. The van der Waals surface area contributed by atoms with Crippen LogP contribution in [0.1, 0.15) is 33.1 Å². The van der Waals surface area contributed by atoms with Gasteiger partial charge in [0.2, 0.25) is 11.8 Å². The highest BCUT2D eigenvalue weighted by Crippen LogP contribution is 1.95. The first-order chi connectivity index (χ1) is 8.82. The number of aliphatic carboxylic acids is 1. The van der Waals surface area contributed by atoms with E-state index in [1.165, 1.54) is 0 Å². The lowest BCUT2D eigenvalue weighted by Crippen LogP contribution is -2.42. The number of hydrogen-bond acceptors (Lipinski definition) is 4. The summed E-state index contributed by atoms with van der Waals surface area (Å²) in [4.78, 5) is 33.1. The van der Waals surface area contributed by atoms with Gasteiger partial charge in [0.1, 0.15) is 0 Å². The lowest BCUT2D eigenvalue weighted by molar-refractivity contribution is -0.137. The summed E-state index contributed by atoms with van der Waals surface area (Å²) in [6.07, 6.45) is 0.119. The van der Waals surface area contributed by atoms with E-state index in [1.807, 2.05) is 13.8 Å². The normalized spacial score (nSPS) is 12.0. The maximum Gasteiger partial charge on any atom is 0.303 e. The Morgan fingerprint density at radius 3 is 2.32 bits per heavy atom. The van der Waals surface area contributed by atoms with Crippen LogP contribution < -0.4 is 16.4 Å². The first-order valence-corrected chi connectivity index (χ1v) is 6.34. The lowest BCUT2D eigenvalue weighted by atomic mass is 10.1. The van der Waals surface area contributed by atoms with Crippen LogP contribution in [0.3, 0.4) is 0 Å². The van der Waals surface area contributed by atoms with Gasteiger partial charge in [0.25, 0.3) is 0 Å². The van der Waals surface area contributed by atoms with Gasteiger partial charge in [0.05, 0.1) is 6.04 Å². The number of carbonyl (C=O) groups is 3. The van der Waals surface area contributed by atoms with Crippen molar-refractivity contribution in [2.24, 2.45) is 11.7 Å². The highest BCUT2D eigenvalue weighted by molar-refractivity contribution is 5.83. The zero-order valence-corrected chi connectivity index (χ0v) is 11.4. The van der Waals surface area contributed by atoms with Crippen molar-refractivity contribution in [3.8, 4) is 0 Å². The molecule has 0 aliphatic heterocycles. The molecule has 5 N–H and O–H groups in total. The molecule has 19 heavy (non-hydrogen) atoms. The van der Waals surface area contributed by atoms with E-state index in [0.29, 0.717) is 12.5 Å². The smallest absolute Gasteiger partial charge is 0.303 e. The molecule has 0 fully saturated rings. The predicted octanol–water partition coefficient (Wildman–Crippen LogP) is -0.543. The Balaban J connectivity index is 3.72. The number of carbonyl (C=O) groups excluding carboxylic acids is 2. The largest absolute Gasteiger partial charge is 0.481 e. The molecule has 0 heterocycles. The molecule has 2 amide bonds. The summed E-state index contributed by atoms with van der Waals surface area (Å²) in [7, 11) is 0. The van der Waals surface area contributed by atoms with Crippen LogP contribution in [0.25, 0.3) is 0 Å². The van der Waals surface area contributed by atoms with Crippen LogP contribution in [-0.4, -0.2) is 42.0 Å². The molecule has 1 unspecified atom stereocenters. The van der Waals surface area contributed by atoms with Crippen LogP contribution >= 0.6 is 0 Å². The number of nitrogens with two attached hydrogens (primary N) is 1. The molecule has 0 aromatic carbocycles. The molecule has 0 spiro atoms. The average Bonchev–Trinajstić information content (AvgIpc) is 2.33. The van der Waals surface area contributed by atoms with E-state index in [2.05, 4.69) is 10.6 Å². The molecule has 0 aromatic rings. The van der Waals surface area contributed by atoms with Crippen molar-refractivity contribution in [1.29, 1.82) is 0 Å². The maximum absolute atomic E-state index is 11.4. The van der Waals surface area contributed by atoms with Crippen molar-refractivity contribution in [3.63, 3.8) is 0 Å². The summed E-state index contributed by atoms with van der Waals surface area (Å²) in [6, 6.07) is -0.852. The average molecular weight is 273 g/mol. The van der Waals surface area contributed by atoms with Gasteiger partial charge in [-0.25, -0.2) is 0 Å². The minimum atomic E-state index is -0.990. The molecule has 7 nitrogen and oxygen atoms in total. The molecule has 0 aliphatic rings. The molecule has 110 valence electrons. The molecular weight excluding hydrogens is 250 g/mol. The second-order valence-corrected chi connectivity index (χ2v) is 4.78. The summed E-state index contributed by atoms with van der Waals surface area (Å²) in [5.41, 5.74) is 5.50. The monoisotopic (exact) mass is 273 g/mol. The minimum Gasteiger partial charge on any atom is -0.481 e. The van der Waals surface area contributed by atoms with Crippen molar-refractivity contribution in [2.45, 2.75) is 39.2 Å². The fourth-order valence-electron chi connectivity index (χ4n) is 1.25. The van der Waals surface area contributed by atoms with Gasteiger partial charge >= 0.3 is 5.97 Å². The molecular formula is C12H23N3O4. The first-order valence-electron chi connectivity index (χ1n) is 6.34. The third-order valence-electron chi connectivity index (χ3n) is 2.36. The number of carboxylic acid groups (broad SMARTS) is 1. The van der Waals surface area contributed by atoms with E-state index in [9.17, 15) is 14.4 Å². The van der Waals surface area contributed by atoms with Crippen molar-refractivity contribution in [1.82, 2.24) is 10.6 Å². The number of rotatable bonds is 9. The van der Waals surface area contributed by atoms with Crippen molar-refractivity contribution < 1.29 is 19.5 Å². The van der Waals surface area contributed by atoms with Crippen molar-refractivity contribution in [3.05, 3.63) is 0 Å². The molecule has 0 saturated heterocycles. The Morgan fingerprint density at radius 2 is 1.79 bits per heavy atom. The SMILES string of the molecule is CC(C)CNC(=O)CCNC(=O)C(N)CCC(=O)O. The van der Waals surface area contributed by atoms with E-state index < -0.39 is 17.9 Å². The Bertz CT molecular complexity index is 318. The second kappa shape index (κ2) is 9.32. The minimum absolute atomic E-state index is 0.0840. The third-order valence-corrected chi connectivity index (χ3v) is 2.36. The molecule has 0 radical (unpaired) electrons. The summed E-state index contributed by atoms with van der Waals surface area (Å²) < 4.78 is 0. The van der Waals surface area contributed by atoms with E-state index in [4.69, 9.17) is 10.8 Å². The van der Waals surface area contributed by atoms with Crippen LogP contribution in [-0.2, 0) is 14.4 Å². The molecule has 0 aliphatic carbocycles. The maximum atomic E-state index is 11.4. The quantitative estimate of drug-likeness (QED) is 0.449. The third kappa shape index (κ3) is 10.0. The Hall–Kier alpha value is -1.63. The number of amides is 2. The van der Waals surface area contributed by atoms with Gasteiger partial charge in [-0.05, 0) is 12.3 Å². The Labute approximate surface area is 112 Å². The van der Waals surface area contributed by atoms with E-state index in [1.54, 1.807) is 0 Å². The topological polar surface area (TPSA) is 122 Å². The predicted molar refractivity (Wildman–Crippen MR) is 70.3 cm³/mol. The van der Waals surface area contributed by atoms with Crippen molar-refractivity contribution >= 4 is 17.8 Å². The fraction of sp³-hybridized carbons (Fsp3) is 0.750. The highest BCUT2D eigenvalue weighted by Gasteiger charge is 2.14.